The molecule has 18 nitrogen and oxygen atoms in total. The number of carbonyl (C=O) groups is 6. The van der Waals surface area contributed by atoms with Crippen molar-refractivity contribution in [2.24, 2.45) is 0 Å². The molecule has 0 aliphatic rings. The van der Waals surface area contributed by atoms with Gasteiger partial charge in [-0.15, -0.1) is 0 Å². The Labute approximate surface area is 232 Å². The van der Waals surface area contributed by atoms with Crippen molar-refractivity contribution in [3.05, 3.63) is 0 Å². The topological polar surface area (TPSA) is 375 Å². The van der Waals surface area contributed by atoms with E-state index in [1.54, 1.807) is 0 Å². The maximum Gasteiger partial charge on any atom is 3.00 e. The predicted octanol–water partition coefficient (Wildman–Crippen LogP) is -4.10. The Balaban J connectivity index is -0.0000000581. The van der Waals surface area contributed by atoms with Crippen molar-refractivity contribution in [1.82, 2.24) is 0 Å². The average molecular weight is 745 g/mol. The molecular formula is C18H15N6O12U. The molecule has 0 aromatic carbocycles. The molecule has 1 radical (unpaired) electrons. The van der Waals surface area contributed by atoms with Crippen LogP contribution in [0.15, 0.2) is 0 Å². The molecule has 0 bridgehead atoms. The van der Waals surface area contributed by atoms with Gasteiger partial charge in [-0.1, -0.05) is 0 Å². The number of nitrogens with zero attached hydrogens (tertiary/aromatic N) is 6. The van der Waals surface area contributed by atoms with Crippen LogP contribution in [0.3, 0.4) is 0 Å². The molecule has 0 saturated carbocycles. The zero-order valence-electron chi connectivity index (χ0n) is 18.4. The first-order valence-electron chi connectivity index (χ1n) is 8.09. The van der Waals surface area contributed by atoms with Crippen LogP contribution in [0, 0.1) is 99.1 Å². The van der Waals surface area contributed by atoms with E-state index in [4.69, 9.17) is 46.9 Å². The number of hydrogen-bond donors (Lipinski definition) is 3. The largest absolute Gasteiger partial charge is 3.00 e. The fourth-order valence-electron chi connectivity index (χ4n) is 0.397. The zero-order valence-corrected chi connectivity index (χ0v) is 22.6. The molecular weight excluding hydrogens is 730 g/mol. The van der Waals surface area contributed by atoms with Crippen molar-refractivity contribution in [1.29, 1.82) is 31.6 Å². The van der Waals surface area contributed by atoms with E-state index in [2.05, 4.69) is 0 Å². The van der Waals surface area contributed by atoms with Crippen LogP contribution < -0.4 is 15.3 Å². The number of carboxylic acid groups (broad SMARTS) is 6. The Bertz CT molecular complexity index is 757. The predicted molar refractivity (Wildman–Crippen MR) is 99.3 cm³/mol. The summed E-state index contributed by atoms with van der Waals surface area (Å²) >= 11 is 0. The maximum atomic E-state index is 9.38. The first-order valence-corrected chi connectivity index (χ1v) is 8.09. The number of nitriles is 6. The third-order valence-corrected chi connectivity index (χ3v) is 1.36. The number of carbonyl (C=O) groups excluding carboxylic acids is 3. The molecule has 193 valence electrons. The molecule has 0 unspecified atom stereocenters. The van der Waals surface area contributed by atoms with Crippen molar-refractivity contribution in [2.45, 2.75) is 38.5 Å². The van der Waals surface area contributed by atoms with Gasteiger partial charge < -0.3 is 45.0 Å². The molecule has 0 aromatic heterocycles. The molecule has 0 spiro atoms. The van der Waals surface area contributed by atoms with E-state index in [9.17, 15) is 44.1 Å². The van der Waals surface area contributed by atoms with Gasteiger partial charge in [0.25, 0.3) is 0 Å². The van der Waals surface area contributed by atoms with Crippen molar-refractivity contribution in [3.63, 3.8) is 0 Å². The molecule has 0 atom stereocenters. The van der Waals surface area contributed by atoms with Gasteiger partial charge in [0, 0.05) is 0 Å². The summed E-state index contributed by atoms with van der Waals surface area (Å²) in [6, 6.07) is 8.62. The summed E-state index contributed by atoms with van der Waals surface area (Å²) in [4.78, 5) is 55.9. The smallest absolute Gasteiger partial charge is 0.549 e. The fraction of sp³-hybridized carbons (Fsp3) is 0.333. The molecule has 0 aromatic rings. The molecule has 0 heterocycles. The minimum Gasteiger partial charge on any atom is -0.549 e. The van der Waals surface area contributed by atoms with Gasteiger partial charge in [-0.3, -0.25) is 14.4 Å². The minimum absolute atomic E-state index is 0. The summed E-state index contributed by atoms with van der Waals surface area (Å²) in [5, 5.41) is 96.4. The first kappa shape index (κ1) is 49.1. The van der Waals surface area contributed by atoms with Crippen LogP contribution in [0.25, 0.3) is 0 Å². The second-order valence-corrected chi connectivity index (χ2v) is 4.31. The SMILES string of the molecule is N#CCC(=O)O.N#CCC(=O)O.N#CCC(=O)O.N#CCC(=O)[O-].N#CCC(=O)[O-].N#CCC(=O)[O-].[U+3]. The third-order valence-electron chi connectivity index (χ3n) is 1.36. The van der Waals surface area contributed by atoms with E-state index < -0.39 is 74.3 Å². The summed E-state index contributed by atoms with van der Waals surface area (Å²) in [6.07, 6.45) is -2.75. The van der Waals surface area contributed by atoms with Crippen LogP contribution in [-0.4, -0.2) is 51.1 Å². The second kappa shape index (κ2) is 44.5. The maximum absolute atomic E-state index is 9.38. The summed E-state index contributed by atoms with van der Waals surface area (Å²) in [5.74, 6) is -7.18. The molecule has 0 aliphatic heterocycles. The molecule has 0 amide bonds. The fourth-order valence-corrected chi connectivity index (χ4v) is 0.397. The Kier molecular flexibility index (Phi) is 59.0. The van der Waals surface area contributed by atoms with E-state index in [1.165, 1.54) is 36.4 Å². The van der Waals surface area contributed by atoms with Crippen molar-refractivity contribution in [3.8, 4) is 36.4 Å². The van der Waals surface area contributed by atoms with E-state index >= 15 is 0 Å². The van der Waals surface area contributed by atoms with Gasteiger partial charge in [0.05, 0.1) is 73.6 Å². The van der Waals surface area contributed by atoms with E-state index in [0.717, 1.165) is 0 Å². The quantitative estimate of drug-likeness (QED) is 0.232. The summed E-state index contributed by atoms with van der Waals surface area (Å²) in [7, 11) is 0. The van der Waals surface area contributed by atoms with Gasteiger partial charge in [0.2, 0.25) is 0 Å². The van der Waals surface area contributed by atoms with Crippen LogP contribution in [-0.2, 0) is 28.8 Å². The van der Waals surface area contributed by atoms with Crippen LogP contribution >= 0.6 is 0 Å². The normalized spacial score (nSPS) is 6.32. The van der Waals surface area contributed by atoms with E-state index in [0.29, 0.717) is 0 Å². The van der Waals surface area contributed by atoms with Gasteiger partial charge in [-0.05, 0) is 0 Å². The number of rotatable bonds is 6. The number of aliphatic carboxylic acids is 6. The first-order chi connectivity index (χ1) is 16.6. The van der Waals surface area contributed by atoms with Gasteiger partial charge in [-0.25, -0.2) is 0 Å². The van der Waals surface area contributed by atoms with Gasteiger partial charge in [-0.2, -0.15) is 31.6 Å². The Morgan fingerprint density at radius 1 is 0.432 bits per heavy atom. The van der Waals surface area contributed by atoms with Gasteiger partial charge in [0.15, 0.2) is 0 Å². The Morgan fingerprint density at radius 3 is 0.568 bits per heavy atom. The van der Waals surface area contributed by atoms with Gasteiger partial charge in [0.1, 0.15) is 19.3 Å². The van der Waals surface area contributed by atoms with Crippen molar-refractivity contribution >= 4 is 35.8 Å². The molecule has 0 aliphatic carbocycles. The number of hydrogen-bond acceptors (Lipinski definition) is 15. The summed E-state index contributed by atoms with van der Waals surface area (Å²) < 4.78 is 0. The van der Waals surface area contributed by atoms with Gasteiger partial charge >= 0.3 is 49.0 Å². The van der Waals surface area contributed by atoms with E-state index in [-0.39, 0.29) is 31.1 Å². The van der Waals surface area contributed by atoms with Crippen LogP contribution in [0.1, 0.15) is 38.5 Å². The zero-order chi connectivity index (χ0) is 29.9. The summed E-state index contributed by atoms with van der Waals surface area (Å²) in [6.45, 7) is 0. The second-order valence-electron chi connectivity index (χ2n) is 4.31. The monoisotopic (exact) mass is 745 g/mol. The Morgan fingerprint density at radius 2 is 0.568 bits per heavy atom. The number of carboxylic acids is 6. The summed E-state index contributed by atoms with van der Waals surface area (Å²) in [5.41, 5.74) is 0. The van der Waals surface area contributed by atoms with Crippen LogP contribution in [0.2, 0.25) is 0 Å². The average Bonchev–Trinajstić information content (AvgIpc) is 2.69. The van der Waals surface area contributed by atoms with E-state index in [1.807, 2.05) is 0 Å². The molecule has 0 rings (SSSR count). The minimum atomic E-state index is -1.32. The Hall–Kier alpha value is -5.19. The standard InChI is InChI=1S/6C3H3NO2.U/c6*4-2-1-3(5)6;/h6*1H2,(H,5,6);/q;;;;;;+3/p-3. The molecule has 0 saturated heterocycles. The van der Waals surface area contributed by atoms with Crippen molar-refractivity contribution < 1.29 is 90.5 Å². The molecule has 0 fully saturated rings. The van der Waals surface area contributed by atoms with Crippen LogP contribution in [0.5, 0.6) is 0 Å². The van der Waals surface area contributed by atoms with Crippen LogP contribution in [0.4, 0.5) is 0 Å². The third kappa shape index (κ3) is 156. The molecule has 37 heavy (non-hydrogen) atoms. The van der Waals surface area contributed by atoms with Crippen molar-refractivity contribution in [2.75, 3.05) is 0 Å². The molecule has 19 heteroatoms. The molecule has 3 N–H and O–H groups in total.